The van der Waals surface area contributed by atoms with E-state index in [0.29, 0.717) is 32.5 Å². The van der Waals surface area contributed by atoms with Crippen LogP contribution in [0.3, 0.4) is 0 Å². The number of nitrogens with one attached hydrogen (secondary N) is 2. The predicted octanol–water partition coefficient (Wildman–Crippen LogP) is -0.746. The highest BCUT2D eigenvalue weighted by molar-refractivity contribution is 5.80. The number of rotatable bonds is 9. The lowest BCUT2D eigenvalue weighted by molar-refractivity contribution is -0.121. The van der Waals surface area contributed by atoms with E-state index in [4.69, 9.17) is 15.7 Å². The topological polar surface area (TPSA) is 109 Å². The van der Waals surface area contributed by atoms with Crippen LogP contribution in [-0.2, 0) is 9.53 Å². The molecule has 5 N–H and O–H groups in total. The summed E-state index contributed by atoms with van der Waals surface area (Å²) < 4.78 is 4.81. The fourth-order valence-electron chi connectivity index (χ4n) is 1.24. The second-order valence-corrected chi connectivity index (χ2v) is 3.74. The molecule has 0 spiro atoms. The van der Waals surface area contributed by atoms with Gasteiger partial charge < -0.3 is 26.3 Å². The van der Waals surface area contributed by atoms with Crippen LogP contribution in [0.1, 0.15) is 19.8 Å². The first-order chi connectivity index (χ1) is 8.10. The lowest BCUT2D eigenvalue weighted by Crippen LogP contribution is -2.35. The maximum absolute atomic E-state index is 11.3. The van der Waals surface area contributed by atoms with Gasteiger partial charge in [0.1, 0.15) is 5.84 Å². The Kier molecular flexibility index (Phi) is 9.08. The van der Waals surface area contributed by atoms with Gasteiger partial charge in [-0.3, -0.25) is 4.79 Å². The Labute approximate surface area is 101 Å². The first-order valence-electron chi connectivity index (χ1n) is 5.55. The van der Waals surface area contributed by atoms with Crippen molar-refractivity contribution in [2.45, 2.75) is 25.8 Å². The second-order valence-electron chi connectivity index (χ2n) is 3.74. The van der Waals surface area contributed by atoms with Crippen LogP contribution >= 0.6 is 0 Å². The highest BCUT2D eigenvalue weighted by Gasteiger charge is 2.05. The van der Waals surface area contributed by atoms with Gasteiger partial charge >= 0.3 is 0 Å². The first kappa shape index (κ1) is 15.7. The molecule has 0 radical (unpaired) electrons. The van der Waals surface area contributed by atoms with E-state index in [1.165, 1.54) is 0 Å². The zero-order valence-corrected chi connectivity index (χ0v) is 10.4. The van der Waals surface area contributed by atoms with E-state index in [-0.39, 0.29) is 17.8 Å². The van der Waals surface area contributed by atoms with Crippen LogP contribution in [0, 0.1) is 0 Å². The number of hydrogen-bond acceptors (Lipinski definition) is 5. The fourth-order valence-corrected chi connectivity index (χ4v) is 1.24. The summed E-state index contributed by atoms with van der Waals surface area (Å²) in [4.78, 5) is 11.3. The zero-order chi connectivity index (χ0) is 13.1. The summed E-state index contributed by atoms with van der Waals surface area (Å²) in [5, 5.41) is 17.1. The number of ether oxygens (including phenoxy) is 1. The van der Waals surface area contributed by atoms with Crippen LogP contribution < -0.4 is 16.4 Å². The summed E-state index contributed by atoms with van der Waals surface area (Å²) in [5.41, 5.74) is 5.35. The molecule has 0 aliphatic carbocycles. The van der Waals surface area contributed by atoms with Crippen LogP contribution in [0.5, 0.6) is 0 Å². The Morgan fingerprint density at radius 1 is 1.53 bits per heavy atom. The number of amidine groups is 1. The number of carbonyl (C=O) groups is 1. The Morgan fingerprint density at radius 3 is 2.82 bits per heavy atom. The van der Waals surface area contributed by atoms with Crippen LogP contribution in [0.15, 0.2) is 5.16 Å². The molecule has 0 fully saturated rings. The molecule has 7 nitrogen and oxygen atoms in total. The molecule has 0 aromatic rings. The third kappa shape index (κ3) is 9.58. The number of methoxy groups -OCH3 is 1. The molecular weight excluding hydrogens is 224 g/mol. The van der Waals surface area contributed by atoms with Gasteiger partial charge in [0, 0.05) is 39.1 Å². The quantitative estimate of drug-likeness (QED) is 0.141. The molecule has 1 amide bonds. The standard InChI is InChI=1S/C10H22N4O3/c1-8(7-9(11)14-16)12-4-3-10(15)13-5-6-17-2/h8,12,16H,3-7H2,1-2H3,(H2,11,14)(H,13,15). The molecule has 0 bridgehead atoms. The normalized spacial score (nSPS) is 13.4. The minimum absolute atomic E-state index is 0.0226. The maximum atomic E-state index is 11.3. The van der Waals surface area contributed by atoms with Crippen LogP contribution in [0.2, 0.25) is 0 Å². The van der Waals surface area contributed by atoms with Crippen molar-refractivity contribution in [3.05, 3.63) is 0 Å². The number of carbonyl (C=O) groups excluding carboxylic acids is 1. The third-order valence-electron chi connectivity index (χ3n) is 2.12. The van der Waals surface area contributed by atoms with Crippen molar-refractivity contribution in [1.29, 1.82) is 0 Å². The van der Waals surface area contributed by atoms with E-state index < -0.39 is 0 Å². The summed E-state index contributed by atoms with van der Waals surface area (Å²) in [6, 6.07) is 0.0673. The van der Waals surface area contributed by atoms with Crippen molar-refractivity contribution in [1.82, 2.24) is 10.6 Å². The van der Waals surface area contributed by atoms with Gasteiger partial charge in [-0.25, -0.2) is 0 Å². The minimum Gasteiger partial charge on any atom is -0.409 e. The van der Waals surface area contributed by atoms with Crippen molar-refractivity contribution in [3.63, 3.8) is 0 Å². The smallest absolute Gasteiger partial charge is 0.221 e. The van der Waals surface area contributed by atoms with Gasteiger partial charge in [0.05, 0.1) is 6.61 Å². The Morgan fingerprint density at radius 2 is 2.24 bits per heavy atom. The van der Waals surface area contributed by atoms with Crippen molar-refractivity contribution >= 4 is 11.7 Å². The molecule has 7 heteroatoms. The summed E-state index contributed by atoms with van der Waals surface area (Å²) in [5.74, 6) is 0.153. The summed E-state index contributed by atoms with van der Waals surface area (Å²) in [7, 11) is 1.59. The monoisotopic (exact) mass is 246 g/mol. The maximum Gasteiger partial charge on any atom is 0.221 e. The highest BCUT2D eigenvalue weighted by Crippen LogP contribution is 1.90. The molecule has 0 saturated carbocycles. The van der Waals surface area contributed by atoms with E-state index in [2.05, 4.69) is 15.8 Å². The Balaban J connectivity index is 3.52. The third-order valence-corrected chi connectivity index (χ3v) is 2.12. The number of nitrogens with zero attached hydrogens (tertiary/aromatic N) is 1. The van der Waals surface area contributed by atoms with Crippen molar-refractivity contribution in [2.75, 3.05) is 26.8 Å². The average molecular weight is 246 g/mol. The molecule has 0 saturated heterocycles. The van der Waals surface area contributed by atoms with Gasteiger partial charge in [-0.05, 0) is 6.92 Å². The molecule has 1 atom stereocenters. The molecule has 17 heavy (non-hydrogen) atoms. The van der Waals surface area contributed by atoms with Crippen LogP contribution in [0.4, 0.5) is 0 Å². The summed E-state index contributed by atoms with van der Waals surface area (Å²) >= 11 is 0. The SMILES string of the molecule is COCCNC(=O)CCNC(C)CC(N)=NO. The zero-order valence-electron chi connectivity index (χ0n) is 10.4. The molecule has 0 aromatic carbocycles. The average Bonchev–Trinajstić information content (AvgIpc) is 2.29. The van der Waals surface area contributed by atoms with Gasteiger partial charge in [0.2, 0.25) is 5.91 Å². The lowest BCUT2D eigenvalue weighted by Gasteiger charge is -2.12. The van der Waals surface area contributed by atoms with E-state index in [1.807, 2.05) is 6.92 Å². The largest absolute Gasteiger partial charge is 0.409 e. The number of nitrogens with two attached hydrogens (primary N) is 1. The molecule has 0 aliphatic heterocycles. The number of amides is 1. The van der Waals surface area contributed by atoms with Gasteiger partial charge in [-0.2, -0.15) is 0 Å². The van der Waals surface area contributed by atoms with Gasteiger partial charge in [0.15, 0.2) is 0 Å². The molecule has 0 heterocycles. The van der Waals surface area contributed by atoms with Gasteiger partial charge in [-0.1, -0.05) is 5.16 Å². The molecule has 0 rings (SSSR count). The van der Waals surface area contributed by atoms with E-state index in [0.717, 1.165) is 0 Å². The van der Waals surface area contributed by atoms with Gasteiger partial charge in [-0.15, -0.1) is 0 Å². The van der Waals surface area contributed by atoms with Gasteiger partial charge in [0.25, 0.3) is 0 Å². The summed E-state index contributed by atoms with van der Waals surface area (Å²) in [6.45, 7) is 3.49. The van der Waals surface area contributed by atoms with Crippen molar-refractivity contribution < 1.29 is 14.7 Å². The summed E-state index contributed by atoms with van der Waals surface area (Å²) in [6.07, 6.45) is 0.839. The molecule has 1 unspecified atom stereocenters. The number of hydrogen-bond donors (Lipinski definition) is 4. The minimum atomic E-state index is -0.0226. The van der Waals surface area contributed by atoms with E-state index >= 15 is 0 Å². The number of oxime groups is 1. The second kappa shape index (κ2) is 9.86. The molecule has 0 aliphatic rings. The fraction of sp³-hybridized carbons (Fsp3) is 0.800. The van der Waals surface area contributed by atoms with E-state index in [9.17, 15) is 4.79 Å². The predicted molar refractivity (Wildman–Crippen MR) is 65.0 cm³/mol. The molecule has 100 valence electrons. The molecular formula is C10H22N4O3. The lowest BCUT2D eigenvalue weighted by atomic mass is 10.2. The Bertz CT molecular complexity index is 246. The van der Waals surface area contributed by atoms with Crippen molar-refractivity contribution in [2.24, 2.45) is 10.9 Å². The molecule has 0 aromatic heterocycles. The van der Waals surface area contributed by atoms with E-state index in [1.54, 1.807) is 7.11 Å². The van der Waals surface area contributed by atoms with Crippen LogP contribution in [0.25, 0.3) is 0 Å². The van der Waals surface area contributed by atoms with Crippen LogP contribution in [-0.4, -0.2) is 49.8 Å². The first-order valence-corrected chi connectivity index (χ1v) is 5.55. The highest BCUT2D eigenvalue weighted by atomic mass is 16.5. The Hall–Kier alpha value is -1.34. The van der Waals surface area contributed by atoms with Crippen molar-refractivity contribution in [3.8, 4) is 0 Å².